The van der Waals surface area contributed by atoms with Crippen LogP contribution in [-0.2, 0) is 11.3 Å². The Morgan fingerprint density at radius 2 is 1.32 bits per heavy atom. The van der Waals surface area contributed by atoms with E-state index in [1.165, 1.54) is 32.7 Å². The summed E-state index contributed by atoms with van der Waals surface area (Å²) in [5.74, 6) is 2.26. The minimum atomic E-state index is 0. The second-order valence-corrected chi connectivity index (χ2v) is 14.8. The van der Waals surface area contributed by atoms with Gasteiger partial charge in [-0.25, -0.2) is 4.98 Å². The number of likely N-dealkylation sites (N-methyl/N-ethyl adjacent to an activating group) is 1. The van der Waals surface area contributed by atoms with Crippen LogP contribution < -0.4 is 21.9 Å². The van der Waals surface area contributed by atoms with Crippen molar-refractivity contribution in [1.82, 2.24) is 14.5 Å². The average Bonchev–Trinajstić information content (AvgIpc) is 3.40. The van der Waals surface area contributed by atoms with Crippen LogP contribution in [0.2, 0.25) is 0 Å². The lowest BCUT2D eigenvalue weighted by molar-refractivity contribution is -0.883. The summed E-state index contributed by atoms with van der Waals surface area (Å²) in [5, 5.41) is 4.98. The molecule has 6 nitrogen and oxygen atoms in total. The summed E-state index contributed by atoms with van der Waals surface area (Å²) < 4.78 is 3.19. The zero-order chi connectivity index (χ0) is 33.0. The Kier molecular flexibility index (Phi) is 12.1. The van der Waals surface area contributed by atoms with Crippen LogP contribution in [-0.4, -0.2) is 79.2 Å². The molecule has 1 amide bonds. The number of benzene rings is 4. The molecule has 0 saturated carbocycles. The van der Waals surface area contributed by atoms with Crippen LogP contribution in [0.15, 0.2) is 72.8 Å². The van der Waals surface area contributed by atoms with E-state index in [0.29, 0.717) is 18.4 Å². The summed E-state index contributed by atoms with van der Waals surface area (Å²) in [5.41, 5.74) is 4.61. The van der Waals surface area contributed by atoms with E-state index in [9.17, 15) is 4.79 Å². The standard InChI is InChI=1S/C40H54N5O.BrH/c1-29(2)26-43(27-30(3)4)37(46)28-45(7,8)25-15-9-14-24-44-39-36-19-13-11-17-34(36)33-16-10-12-18-35(33)38(39)41-40(44)31-20-22-32(23-21-31)42(5)6;/h10-13,16-23,29-30H,9,14-15,24-28H2,1-8H3;1H/q+1;/p-1. The van der Waals surface area contributed by atoms with E-state index in [2.05, 4.69) is 143 Å². The number of rotatable bonds is 14. The summed E-state index contributed by atoms with van der Waals surface area (Å²) in [6, 6.07) is 26.2. The molecule has 0 atom stereocenters. The van der Waals surface area contributed by atoms with Crippen molar-refractivity contribution in [1.29, 1.82) is 0 Å². The molecular weight excluding hydrogens is 646 g/mol. The van der Waals surface area contributed by atoms with Gasteiger partial charge in [0, 0.05) is 55.8 Å². The highest BCUT2D eigenvalue weighted by molar-refractivity contribution is 6.23. The van der Waals surface area contributed by atoms with E-state index >= 15 is 0 Å². The van der Waals surface area contributed by atoms with Crippen molar-refractivity contribution in [3.8, 4) is 11.4 Å². The van der Waals surface area contributed by atoms with Gasteiger partial charge in [-0.05, 0) is 66.1 Å². The number of hydrogen-bond donors (Lipinski definition) is 0. The smallest absolute Gasteiger partial charge is 0.277 e. The molecule has 0 unspecified atom stereocenters. The zero-order valence-corrected chi connectivity index (χ0v) is 31.3. The average molecular weight is 701 g/mol. The van der Waals surface area contributed by atoms with Gasteiger partial charge in [0.2, 0.25) is 0 Å². The van der Waals surface area contributed by atoms with E-state index in [1.54, 1.807) is 0 Å². The van der Waals surface area contributed by atoms with Crippen molar-refractivity contribution in [2.75, 3.05) is 59.3 Å². The Balaban J connectivity index is 0.00000500. The molecule has 0 aliphatic heterocycles. The quantitative estimate of drug-likeness (QED) is 0.0878. The first-order chi connectivity index (χ1) is 21.9. The highest BCUT2D eigenvalue weighted by atomic mass is 79.9. The maximum absolute atomic E-state index is 13.3. The molecular formula is C40H54BrN5O. The third kappa shape index (κ3) is 8.55. The van der Waals surface area contributed by atoms with Crippen LogP contribution >= 0.6 is 0 Å². The van der Waals surface area contributed by atoms with Crippen LogP contribution in [0.3, 0.4) is 0 Å². The third-order valence-corrected chi connectivity index (χ3v) is 9.00. The molecule has 0 aliphatic carbocycles. The van der Waals surface area contributed by atoms with Crippen LogP contribution in [0.5, 0.6) is 0 Å². The van der Waals surface area contributed by atoms with E-state index in [4.69, 9.17) is 4.98 Å². The van der Waals surface area contributed by atoms with Gasteiger partial charge in [0.25, 0.3) is 5.91 Å². The summed E-state index contributed by atoms with van der Waals surface area (Å²) in [6.45, 7) is 12.9. The Labute approximate surface area is 292 Å². The van der Waals surface area contributed by atoms with Crippen molar-refractivity contribution in [3.63, 3.8) is 0 Å². The molecule has 0 fully saturated rings. The Bertz CT molecular complexity index is 1780. The van der Waals surface area contributed by atoms with Crippen molar-refractivity contribution < 1.29 is 26.3 Å². The first kappa shape index (κ1) is 36.4. The van der Waals surface area contributed by atoms with Gasteiger partial charge in [-0.2, -0.15) is 0 Å². The predicted molar refractivity (Wildman–Crippen MR) is 196 cm³/mol. The van der Waals surface area contributed by atoms with Gasteiger partial charge in [-0.15, -0.1) is 0 Å². The highest BCUT2D eigenvalue weighted by Crippen LogP contribution is 2.37. The number of fused-ring (bicyclic) bond motifs is 6. The molecule has 7 heteroatoms. The molecule has 0 N–H and O–H groups in total. The molecule has 1 heterocycles. The minimum Gasteiger partial charge on any atom is -1.00 e. The van der Waals surface area contributed by atoms with Gasteiger partial charge in [-0.1, -0.05) is 76.2 Å². The van der Waals surface area contributed by atoms with Gasteiger partial charge in [0.05, 0.1) is 31.7 Å². The van der Waals surface area contributed by atoms with Crippen LogP contribution in [0.25, 0.3) is 44.0 Å². The largest absolute Gasteiger partial charge is 1.00 e. The normalized spacial score (nSPS) is 12.0. The molecule has 0 saturated heterocycles. The number of quaternary nitrogens is 1. The van der Waals surface area contributed by atoms with E-state index in [0.717, 1.165) is 66.8 Å². The molecule has 1 aromatic heterocycles. The fraction of sp³-hybridized carbons (Fsp3) is 0.450. The highest BCUT2D eigenvalue weighted by Gasteiger charge is 2.25. The number of unbranched alkanes of at least 4 members (excludes halogenated alkanes) is 2. The first-order valence-electron chi connectivity index (χ1n) is 17.1. The number of aryl methyl sites for hydroxylation is 1. The lowest BCUT2D eigenvalue weighted by atomic mass is 10.00. The maximum atomic E-state index is 13.3. The van der Waals surface area contributed by atoms with E-state index in [-0.39, 0.29) is 22.9 Å². The van der Waals surface area contributed by atoms with Crippen LogP contribution in [0.4, 0.5) is 5.69 Å². The topological polar surface area (TPSA) is 41.4 Å². The van der Waals surface area contributed by atoms with E-state index < -0.39 is 0 Å². The number of aromatic nitrogens is 2. The zero-order valence-electron chi connectivity index (χ0n) is 29.8. The molecule has 252 valence electrons. The van der Waals surface area contributed by atoms with Gasteiger partial charge in [-0.3, -0.25) is 4.79 Å². The summed E-state index contributed by atoms with van der Waals surface area (Å²) >= 11 is 0. The number of carbonyl (C=O) groups excluding carboxylic acids is 1. The van der Waals surface area contributed by atoms with Gasteiger partial charge >= 0.3 is 0 Å². The molecule has 0 radical (unpaired) electrons. The molecule has 0 aliphatic rings. The Hall–Kier alpha value is -3.42. The van der Waals surface area contributed by atoms with Gasteiger partial charge < -0.3 is 35.8 Å². The minimum absolute atomic E-state index is 0. The second-order valence-electron chi connectivity index (χ2n) is 14.8. The molecule has 47 heavy (non-hydrogen) atoms. The number of amides is 1. The number of anilines is 1. The monoisotopic (exact) mass is 699 g/mol. The summed E-state index contributed by atoms with van der Waals surface area (Å²) in [7, 11) is 8.56. The van der Waals surface area contributed by atoms with Gasteiger partial charge in [0.1, 0.15) is 5.82 Å². The number of halogens is 1. The summed E-state index contributed by atoms with van der Waals surface area (Å²) in [4.78, 5) is 22.9. The number of carbonyl (C=O) groups is 1. The lowest BCUT2D eigenvalue weighted by Crippen LogP contribution is -3.00. The third-order valence-electron chi connectivity index (χ3n) is 9.00. The predicted octanol–water partition coefficient (Wildman–Crippen LogP) is 5.47. The van der Waals surface area contributed by atoms with Crippen molar-refractivity contribution >= 4 is 44.2 Å². The second kappa shape index (κ2) is 15.7. The van der Waals surface area contributed by atoms with Gasteiger partial charge in [0.15, 0.2) is 6.54 Å². The lowest BCUT2D eigenvalue weighted by Gasteiger charge is -2.33. The van der Waals surface area contributed by atoms with Crippen LogP contribution in [0, 0.1) is 11.8 Å². The Morgan fingerprint density at radius 1 is 0.766 bits per heavy atom. The first-order valence-corrected chi connectivity index (χ1v) is 17.1. The van der Waals surface area contributed by atoms with Crippen molar-refractivity contribution in [2.45, 2.75) is 53.5 Å². The molecule has 5 rings (SSSR count). The fourth-order valence-electron chi connectivity index (χ4n) is 6.80. The van der Waals surface area contributed by atoms with Crippen molar-refractivity contribution in [3.05, 3.63) is 72.8 Å². The number of imidazole rings is 1. The number of hydrogen-bond acceptors (Lipinski definition) is 3. The molecule has 4 aromatic carbocycles. The van der Waals surface area contributed by atoms with Crippen molar-refractivity contribution in [2.24, 2.45) is 11.8 Å². The molecule has 5 aromatic rings. The molecule has 0 bridgehead atoms. The van der Waals surface area contributed by atoms with Crippen LogP contribution in [0.1, 0.15) is 47.0 Å². The van der Waals surface area contributed by atoms with E-state index in [1.807, 2.05) is 0 Å². The number of nitrogens with zero attached hydrogens (tertiary/aromatic N) is 5. The SMILES string of the molecule is CC(C)CN(CC(C)C)C(=O)C[N+](C)(C)CCCCCn1c(-c2ccc(N(C)C)cc2)nc2c3ccccc3c3ccccc3c21.[Br-]. The maximum Gasteiger partial charge on any atom is 0.277 e. The molecule has 0 spiro atoms. The summed E-state index contributed by atoms with van der Waals surface area (Å²) in [6.07, 6.45) is 3.23. The Morgan fingerprint density at radius 3 is 1.89 bits per heavy atom. The fourth-order valence-corrected chi connectivity index (χ4v) is 6.80.